The van der Waals surface area contributed by atoms with Crippen LogP contribution in [0.3, 0.4) is 0 Å². The van der Waals surface area contributed by atoms with Crippen LogP contribution < -0.4 is 5.63 Å². The van der Waals surface area contributed by atoms with Gasteiger partial charge in [0.2, 0.25) is 0 Å². The summed E-state index contributed by atoms with van der Waals surface area (Å²) in [6.07, 6.45) is 14.3. The molecular weight excluding hydrogens is 542 g/mol. The van der Waals surface area contributed by atoms with Crippen molar-refractivity contribution in [3.8, 4) is 0 Å². The molecule has 0 aromatic carbocycles. The Morgan fingerprint density at radius 2 is 1.54 bits per heavy atom. The van der Waals surface area contributed by atoms with Crippen molar-refractivity contribution < 1.29 is 4.42 Å². The fourth-order valence-electron chi connectivity index (χ4n) is 3.25. The van der Waals surface area contributed by atoms with Crippen molar-refractivity contribution in [1.29, 1.82) is 0 Å². The Labute approximate surface area is 177 Å². The number of halogens is 1. The predicted octanol–water partition coefficient (Wildman–Crippen LogP) is 7.51. The van der Waals surface area contributed by atoms with Crippen molar-refractivity contribution in [2.75, 3.05) is 0 Å². The molecule has 0 radical (unpaired) electrons. The first-order valence-corrected chi connectivity index (χ1v) is 18.9. The molecule has 0 saturated heterocycles. The quantitative estimate of drug-likeness (QED) is 0.146. The molecule has 1 heterocycles. The van der Waals surface area contributed by atoms with Crippen molar-refractivity contribution >= 4 is 47.0 Å². The van der Waals surface area contributed by atoms with Gasteiger partial charge < -0.3 is 0 Å². The summed E-state index contributed by atoms with van der Waals surface area (Å²) >= 11 is -0.0133. The van der Waals surface area contributed by atoms with E-state index in [1.54, 1.807) is 6.92 Å². The van der Waals surface area contributed by atoms with Crippen molar-refractivity contribution in [2.24, 2.45) is 0 Å². The first-order chi connectivity index (χ1) is 12.5. The van der Waals surface area contributed by atoms with Crippen LogP contribution in [0.4, 0.5) is 0 Å². The zero-order chi connectivity index (χ0) is 19.4. The fourth-order valence-corrected chi connectivity index (χ4v) is 17.9. The van der Waals surface area contributed by atoms with E-state index in [2.05, 4.69) is 59.6 Å². The van der Waals surface area contributed by atoms with Crippen molar-refractivity contribution in [1.82, 2.24) is 0 Å². The first-order valence-electron chi connectivity index (χ1n) is 10.1. The minimum atomic E-state index is -2.21. The van der Waals surface area contributed by atoms with E-state index < -0.39 is 18.4 Å². The third-order valence-corrected chi connectivity index (χ3v) is 20.3. The normalized spacial score (nSPS) is 12.5. The van der Waals surface area contributed by atoms with E-state index in [0.29, 0.717) is 11.3 Å². The maximum atomic E-state index is 11.8. The number of allylic oxidation sites excluding steroid dienone is 2. The van der Waals surface area contributed by atoms with Crippen molar-refractivity contribution in [3.63, 3.8) is 0 Å². The van der Waals surface area contributed by atoms with Gasteiger partial charge in [0.25, 0.3) is 0 Å². The summed E-state index contributed by atoms with van der Waals surface area (Å²) in [5.74, 6) is 0.645. The van der Waals surface area contributed by atoms with Gasteiger partial charge in [0.1, 0.15) is 0 Å². The molecule has 0 spiro atoms. The molecule has 0 N–H and O–H groups in total. The average Bonchev–Trinajstić information content (AvgIpc) is 2.64. The molecule has 2 nitrogen and oxygen atoms in total. The molecule has 1 rings (SSSR count). The molecule has 0 aliphatic heterocycles. The van der Waals surface area contributed by atoms with Crippen LogP contribution in [0.15, 0.2) is 31.5 Å². The third kappa shape index (κ3) is 8.32. The molecule has 26 heavy (non-hydrogen) atoms. The van der Waals surface area contributed by atoms with E-state index in [-0.39, 0.29) is 5.63 Å². The van der Waals surface area contributed by atoms with E-state index in [1.807, 2.05) is 12.1 Å². The Hall–Kier alpha value is -0.0413. The van der Waals surface area contributed by atoms with E-state index >= 15 is 0 Å². The summed E-state index contributed by atoms with van der Waals surface area (Å²) < 4.78 is 13.4. The minimum absolute atomic E-state index is 0.233. The van der Waals surface area contributed by atoms with Crippen LogP contribution in [0.1, 0.15) is 70.6 Å². The molecule has 0 atom stereocenters. The van der Waals surface area contributed by atoms with Gasteiger partial charge >= 0.3 is 179 Å². The van der Waals surface area contributed by atoms with Crippen LogP contribution in [0.5, 0.6) is 0 Å². The Kier molecular flexibility index (Phi) is 12.2. The molecule has 0 saturated carbocycles. The molecule has 0 bridgehead atoms. The number of rotatable bonds is 12. The number of unbranched alkanes of at least 4 members (excludes halogenated alkanes) is 3. The van der Waals surface area contributed by atoms with Gasteiger partial charge in [-0.3, -0.25) is 0 Å². The monoisotopic (exact) mass is 578 g/mol. The van der Waals surface area contributed by atoms with Crippen LogP contribution in [0, 0.1) is 10.5 Å². The SMILES string of the molecule is CCC[CH2][Sn](/[CH]=C/C=C/c1cc(I)c(C)c(=O)o1)([CH2]CCC)[CH2]CCC. The summed E-state index contributed by atoms with van der Waals surface area (Å²) in [6.45, 7) is 8.72. The van der Waals surface area contributed by atoms with Gasteiger partial charge in [-0.15, -0.1) is 0 Å². The molecule has 0 fully saturated rings. The fraction of sp³-hybridized carbons (Fsp3) is 0.591. The standard InChI is InChI=1S/C10H8IO2.3C4H9.Sn/c1-3-4-5-8-6-9(11)7(2)10(12)13-8;3*1-3-4-2;/h1,3-6H,2H3;3*1,3-4H2,2H3;/b3-1?,5-4+;;;;. The molecule has 0 aliphatic rings. The van der Waals surface area contributed by atoms with E-state index in [0.717, 1.165) is 3.57 Å². The topological polar surface area (TPSA) is 30.2 Å². The molecule has 1 aromatic heterocycles. The zero-order valence-electron chi connectivity index (χ0n) is 16.9. The Bertz CT molecular complexity index is 624. The predicted molar refractivity (Wildman–Crippen MR) is 126 cm³/mol. The van der Waals surface area contributed by atoms with Gasteiger partial charge in [-0.05, 0) is 0 Å². The summed E-state index contributed by atoms with van der Waals surface area (Å²) in [5, 5.41) is 0. The molecular formula is C22H35IO2Sn. The molecule has 146 valence electrons. The second kappa shape index (κ2) is 13.2. The maximum absolute atomic E-state index is 11.8. The van der Waals surface area contributed by atoms with Crippen molar-refractivity contribution in [2.45, 2.75) is 79.5 Å². The summed E-state index contributed by atoms with van der Waals surface area (Å²) in [5.41, 5.74) is 0.454. The van der Waals surface area contributed by atoms with Crippen LogP contribution in [0.2, 0.25) is 13.3 Å². The zero-order valence-corrected chi connectivity index (χ0v) is 22.0. The van der Waals surface area contributed by atoms with Crippen LogP contribution >= 0.6 is 22.6 Å². The Morgan fingerprint density at radius 3 is 2.00 bits per heavy atom. The molecule has 4 heteroatoms. The summed E-state index contributed by atoms with van der Waals surface area (Å²) in [7, 11) is 0. The van der Waals surface area contributed by atoms with Gasteiger partial charge in [0.15, 0.2) is 0 Å². The first kappa shape index (κ1) is 24.0. The van der Waals surface area contributed by atoms with E-state index in [4.69, 9.17) is 4.42 Å². The average molecular weight is 577 g/mol. The van der Waals surface area contributed by atoms with Gasteiger partial charge in [0.05, 0.1) is 0 Å². The van der Waals surface area contributed by atoms with Crippen molar-refractivity contribution in [3.05, 3.63) is 47.6 Å². The van der Waals surface area contributed by atoms with E-state index in [9.17, 15) is 4.79 Å². The van der Waals surface area contributed by atoms with Gasteiger partial charge in [-0.2, -0.15) is 0 Å². The second-order valence-corrected chi connectivity index (χ2v) is 21.5. The molecule has 0 unspecified atom stereocenters. The molecule has 0 aliphatic carbocycles. The molecule has 0 amide bonds. The Balaban J connectivity index is 2.94. The summed E-state index contributed by atoms with van der Waals surface area (Å²) in [6, 6.07) is 1.93. The third-order valence-electron chi connectivity index (χ3n) is 5.05. The Morgan fingerprint density at radius 1 is 1.00 bits per heavy atom. The molecule has 1 aromatic rings. The van der Waals surface area contributed by atoms with Gasteiger partial charge in [-0.25, -0.2) is 0 Å². The number of hydrogen-bond donors (Lipinski definition) is 0. The van der Waals surface area contributed by atoms with Crippen LogP contribution in [0.25, 0.3) is 6.08 Å². The summed E-state index contributed by atoms with van der Waals surface area (Å²) in [4.78, 5) is 11.8. The van der Waals surface area contributed by atoms with Gasteiger partial charge in [-0.1, -0.05) is 0 Å². The second-order valence-electron chi connectivity index (χ2n) is 7.30. The van der Waals surface area contributed by atoms with Crippen LogP contribution in [-0.2, 0) is 0 Å². The van der Waals surface area contributed by atoms with Crippen LogP contribution in [-0.4, -0.2) is 18.4 Å². The van der Waals surface area contributed by atoms with Gasteiger partial charge in [0, 0.05) is 0 Å². The number of hydrogen-bond acceptors (Lipinski definition) is 2. The van der Waals surface area contributed by atoms with E-state index in [1.165, 1.54) is 51.8 Å².